The van der Waals surface area contributed by atoms with Crippen LogP contribution >= 0.6 is 0 Å². The van der Waals surface area contributed by atoms with Crippen LogP contribution in [0.15, 0.2) is 24.3 Å². The van der Waals surface area contributed by atoms with Gasteiger partial charge in [0.2, 0.25) is 17.7 Å². The van der Waals surface area contributed by atoms with Crippen LogP contribution in [0, 0.1) is 0 Å². The molecule has 8 nitrogen and oxygen atoms in total. The normalized spacial score (nSPS) is 17.5. The van der Waals surface area contributed by atoms with Gasteiger partial charge in [-0.25, -0.2) is 0 Å². The molecule has 2 aromatic rings. The molecule has 0 spiro atoms. The Morgan fingerprint density at radius 1 is 0.967 bits per heavy atom. The molecule has 0 atom stereocenters. The van der Waals surface area contributed by atoms with Crippen molar-refractivity contribution in [1.82, 2.24) is 19.7 Å². The van der Waals surface area contributed by atoms with E-state index in [0.717, 1.165) is 15.8 Å². The number of amides is 4. The zero-order valence-electron chi connectivity index (χ0n) is 17.3. The lowest BCUT2D eigenvalue weighted by atomic mass is 10.0. The predicted octanol–water partition coefficient (Wildman–Crippen LogP) is 1.72. The number of hydrogen-bond acceptors (Lipinski definition) is 4. The lowest BCUT2D eigenvalue weighted by Crippen LogP contribution is -2.53. The number of nitrogens with zero attached hydrogens (tertiary/aromatic N) is 3. The first-order valence-electron chi connectivity index (χ1n) is 10.4. The maximum atomic E-state index is 12.9. The molecule has 8 heteroatoms. The van der Waals surface area contributed by atoms with Crippen molar-refractivity contribution in [3.05, 3.63) is 35.5 Å². The average Bonchev–Trinajstić information content (AvgIpc) is 3.31. The first-order valence-corrected chi connectivity index (χ1v) is 10.4. The summed E-state index contributed by atoms with van der Waals surface area (Å²) in [6, 6.07) is 8.04. The number of nitrogens with one attached hydrogen (secondary N) is 1. The molecule has 1 N–H and O–H groups in total. The number of H-pyrrole nitrogens is 1. The van der Waals surface area contributed by atoms with Crippen LogP contribution in [0.3, 0.4) is 0 Å². The van der Waals surface area contributed by atoms with Crippen LogP contribution in [0.5, 0.6) is 0 Å². The number of aromatic amines is 1. The number of piperazine rings is 1. The lowest BCUT2D eigenvalue weighted by molar-refractivity contribution is -0.146. The molecule has 2 fully saturated rings. The van der Waals surface area contributed by atoms with Crippen molar-refractivity contribution in [3.63, 3.8) is 0 Å². The Hall–Kier alpha value is -3.16. The second kappa shape index (κ2) is 7.93. The van der Waals surface area contributed by atoms with E-state index in [1.54, 1.807) is 9.80 Å². The van der Waals surface area contributed by atoms with Gasteiger partial charge in [0.05, 0.1) is 0 Å². The number of fused-ring (bicyclic) bond motifs is 1. The number of likely N-dealkylation sites (tertiary alicyclic amines) is 1. The highest BCUT2D eigenvalue weighted by Gasteiger charge is 2.33. The molecule has 0 bridgehead atoms. The van der Waals surface area contributed by atoms with Crippen molar-refractivity contribution in [3.8, 4) is 0 Å². The molecule has 1 aromatic heterocycles. The highest BCUT2D eigenvalue weighted by Crippen LogP contribution is 2.23. The van der Waals surface area contributed by atoms with E-state index in [0.29, 0.717) is 37.8 Å². The number of hydrogen-bond donors (Lipinski definition) is 1. The lowest BCUT2D eigenvalue weighted by Gasteiger charge is -2.35. The van der Waals surface area contributed by atoms with Gasteiger partial charge in [0.15, 0.2) is 0 Å². The third kappa shape index (κ3) is 3.81. The van der Waals surface area contributed by atoms with Crippen LogP contribution in [0.25, 0.3) is 10.9 Å². The summed E-state index contributed by atoms with van der Waals surface area (Å²) in [6.07, 6.45) is 0.356. The number of carbonyl (C=O) groups excluding carboxylic acids is 4. The van der Waals surface area contributed by atoms with E-state index in [4.69, 9.17) is 0 Å². The maximum absolute atomic E-state index is 12.9. The van der Waals surface area contributed by atoms with Crippen molar-refractivity contribution in [2.75, 3.05) is 32.7 Å². The van der Waals surface area contributed by atoms with Gasteiger partial charge in [-0.2, -0.15) is 0 Å². The standard InChI is InChI=1S/C22H26N4O4/c1-14(2)15-3-4-16-12-18(23-17(16)11-15)22(30)25-9-7-24(8-10-25)21(29)13-26-19(27)5-6-20(26)28/h3-4,11-12,14,23H,5-10,13H2,1-2H3. The summed E-state index contributed by atoms with van der Waals surface area (Å²) >= 11 is 0. The van der Waals surface area contributed by atoms with Gasteiger partial charge in [-0.1, -0.05) is 26.0 Å². The van der Waals surface area contributed by atoms with E-state index in [-0.39, 0.29) is 43.0 Å². The molecule has 158 valence electrons. The summed E-state index contributed by atoms with van der Waals surface area (Å²) in [5.74, 6) is -0.511. The maximum Gasteiger partial charge on any atom is 0.270 e. The number of benzene rings is 1. The second-order valence-electron chi connectivity index (χ2n) is 8.23. The van der Waals surface area contributed by atoms with E-state index >= 15 is 0 Å². The van der Waals surface area contributed by atoms with Crippen LogP contribution in [-0.4, -0.2) is 76.0 Å². The predicted molar refractivity (Wildman–Crippen MR) is 111 cm³/mol. The molecule has 2 saturated heterocycles. The van der Waals surface area contributed by atoms with Crippen LogP contribution in [-0.2, 0) is 14.4 Å². The van der Waals surface area contributed by atoms with Crippen LogP contribution in [0.1, 0.15) is 48.7 Å². The quantitative estimate of drug-likeness (QED) is 0.777. The number of imide groups is 1. The van der Waals surface area contributed by atoms with Gasteiger partial charge in [0.25, 0.3) is 5.91 Å². The minimum atomic E-state index is -0.290. The Morgan fingerprint density at radius 3 is 2.23 bits per heavy atom. The zero-order chi connectivity index (χ0) is 21.4. The third-order valence-electron chi connectivity index (χ3n) is 5.91. The van der Waals surface area contributed by atoms with Gasteiger partial charge >= 0.3 is 0 Å². The second-order valence-corrected chi connectivity index (χ2v) is 8.23. The number of aromatic nitrogens is 1. The summed E-state index contributed by atoms with van der Waals surface area (Å²) in [5, 5.41) is 0.997. The molecule has 0 unspecified atom stereocenters. The Morgan fingerprint density at radius 2 is 1.60 bits per heavy atom. The summed E-state index contributed by atoms with van der Waals surface area (Å²) in [7, 11) is 0. The molecule has 0 radical (unpaired) electrons. The summed E-state index contributed by atoms with van der Waals surface area (Å²) < 4.78 is 0. The van der Waals surface area contributed by atoms with Crippen molar-refractivity contribution in [1.29, 1.82) is 0 Å². The van der Waals surface area contributed by atoms with Crippen LogP contribution < -0.4 is 0 Å². The Balaban J connectivity index is 1.37. The van der Waals surface area contributed by atoms with Crippen molar-refractivity contribution >= 4 is 34.5 Å². The van der Waals surface area contributed by atoms with E-state index < -0.39 is 0 Å². The minimum Gasteiger partial charge on any atom is -0.351 e. The van der Waals surface area contributed by atoms with Gasteiger partial charge in [-0.05, 0) is 23.6 Å². The van der Waals surface area contributed by atoms with Gasteiger partial charge in [-0.15, -0.1) is 0 Å². The zero-order valence-corrected chi connectivity index (χ0v) is 17.3. The molecular weight excluding hydrogens is 384 g/mol. The Bertz CT molecular complexity index is 1000. The highest BCUT2D eigenvalue weighted by molar-refractivity contribution is 6.04. The summed E-state index contributed by atoms with van der Waals surface area (Å²) in [4.78, 5) is 56.4. The van der Waals surface area contributed by atoms with E-state index in [9.17, 15) is 19.2 Å². The van der Waals surface area contributed by atoms with E-state index in [2.05, 4.69) is 31.0 Å². The molecule has 0 aliphatic carbocycles. The van der Waals surface area contributed by atoms with Crippen molar-refractivity contribution in [2.24, 2.45) is 0 Å². The van der Waals surface area contributed by atoms with E-state index in [1.807, 2.05) is 12.1 Å². The highest BCUT2D eigenvalue weighted by atomic mass is 16.2. The molecule has 3 heterocycles. The first kappa shape index (κ1) is 20.1. The number of carbonyl (C=O) groups is 4. The molecule has 1 aromatic carbocycles. The van der Waals surface area contributed by atoms with Crippen molar-refractivity contribution < 1.29 is 19.2 Å². The first-order chi connectivity index (χ1) is 14.3. The fourth-order valence-electron chi connectivity index (χ4n) is 3.98. The third-order valence-corrected chi connectivity index (χ3v) is 5.91. The van der Waals surface area contributed by atoms with Crippen molar-refractivity contribution in [2.45, 2.75) is 32.6 Å². The summed E-state index contributed by atoms with van der Waals surface area (Å²) in [6.45, 7) is 5.67. The molecule has 0 saturated carbocycles. The Labute approximate surface area is 174 Å². The molecule has 2 aliphatic heterocycles. The largest absolute Gasteiger partial charge is 0.351 e. The molecule has 4 amide bonds. The minimum absolute atomic E-state index is 0.0886. The van der Waals surface area contributed by atoms with Crippen LogP contribution in [0.4, 0.5) is 0 Å². The molecule has 2 aliphatic rings. The van der Waals surface area contributed by atoms with Gasteiger partial charge < -0.3 is 14.8 Å². The smallest absolute Gasteiger partial charge is 0.270 e. The van der Waals surface area contributed by atoms with Gasteiger partial charge in [-0.3, -0.25) is 24.1 Å². The summed E-state index contributed by atoms with van der Waals surface area (Å²) in [5.41, 5.74) is 2.70. The molecular formula is C22H26N4O4. The SMILES string of the molecule is CC(C)c1ccc2cc(C(=O)N3CCN(C(=O)CN4C(=O)CCC4=O)CC3)[nH]c2c1. The van der Waals surface area contributed by atoms with Gasteiger partial charge in [0, 0.05) is 49.9 Å². The van der Waals surface area contributed by atoms with E-state index in [1.165, 1.54) is 5.56 Å². The van der Waals surface area contributed by atoms with Gasteiger partial charge in [0.1, 0.15) is 12.2 Å². The Kier molecular flexibility index (Phi) is 5.32. The molecule has 4 rings (SSSR count). The van der Waals surface area contributed by atoms with Crippen LogP contribution in [0.2, 0.25) is 0 Å². The number of rotatable bonds is 4. The molecule has 30 heavy (non-hydrogen) atoms. The average molecular weight is 410 g/mol. The fraction of sp³-hybridized carbons (Fsp3) is 0.455. The monoisotopic (exact) mass is 410 g/mol. The topological polar surface area (TPSA) is 93.8 Å². The fourth-order valence-corrected chi connectivity index (χ4v) is 3.98.